The number of rotatable bonds is 13. The van der Waals surface area contributed by atoms with E-state index in [1.54, 1.807) is 24.0 Å². The first-order valence-corrected chi connectivity index (χ1v) is 14.1. The van der Waals surface area contributed by atoms with Gasteiger partial charge in [-0.2, -0.15) is 0 Å². The standard InChI is InChI=1S/C30H47N5O4/c1-7-24(36)21(10-8-16-33-29(31)32)18-25(37)23-11-9-17-35(23)28(39)26(19(2)3)34-27(38)20-12-14-22(15-13-20)30(4,5)6/h12-15,19,21,23,26H,7-11,16-18H2,1-6H3,(H,34,38)(H4,31,32,33)/t21-,23+,26+/m1/s1. The van der Waals surface area contributed by atoms with Crippen molar-refractivity contribution in [3.63, 3.8) is 0 Å². The summed E-state index contributed by atoms with van der Waals surface area (Å²) in [4.78, 5) is 58.2. The van der Waals surface area contributed by atoms with Crippen LogP contribution in [0.15, 0.2) is 29.3 Å². The molecule has 1 heterocycles. The van der Waals surface area contributed by atoms with Crippen molar-refractivity contribution in [1.82, 2.24) is 10.2 Å². The van der Waals surface area contributed by atoms with Crippen molar-refractivity contribution < 1.29 is 19.2 Å². The van der Waals surface area contributed by atoms with Gasteiger partial charge in [-0.15, -0.1) is 0 Å². The second-order valence-electron chi connectivity index (χ2n) is 11.8. The molecule has 9 heteroatoms. The van der Waals surface area contributed by atoms with E-state index >= 15 is 0 Å². The van der Waals surface area contributed by atoms with E-state index < -0.39 is 18.0 Å². The van der Waals surface area contributed by atoms with E-state index in [1.165, 1.54) is 0 Å². The summed E-state index contributed by atoms with van der Waals surface area (Å²) >= 11 is 0. The van der Waals surface area contributed by atoms with Crippen molar-refractivity contribution in [1.29, 1.82) is 0 Å². The number of ketones is 2. The highest BCUT2D eigenvalue weighted by atomic mass is 16.2. The number of hydrogen-bond acceptors (Lipinski definition) is 5. The number of hydrogen-bond donors (Lipinski definition) is 3. The van der Waals surface area contributed by atoms with Crippen molar-refractivity contribution in [2.75, 3.05) is 13.1 Å². The maximum atomic E-state index is 13.7. The Labute approximate surface area is 233 Å². The fourth-order valence-electron chi connectivity index (χ4n) is 4.99. The molecule has 2 amide bonds. The number of amides is 2. The minimum Gasteiger partial charge on any atom is -0.370 e. The summed E-state index contributed by atoms with van der Waals surface area (Å²) in [7, 11) is 0. The Morgan fingerprint density at radius 2 is 1.74 bits per heavy atom. The summed E-state index contributed by atoms with van der Waals surface area (Å²) in [6.45, 7) is 12.7. The minimum atomic E-state index is -0.763. The number of nitrogens with zero attached hydrogens (tertiary/aromatic N) is 2. The fraction of sp³-hybridized carbons (Fsp3) is 0.633. The van der Waals surface area contributed by atoms with Crippen LogP contribution >= 0.6 is 0 Å². The van der Waals surface area contributed by atoms with Crippen LogP contribution < -0.4 is 16.8 Å². The van der Waals surface area contributed by atoms with Crippen molar-refractivity contribution in [2.45, 2.75) is 97.6 Å². The van der Waals surface area contributed by atoms with Gasteiger partial charge in [0.25, 0.3) is 5.91 Å². The molecule has 2 rings (SSSR count). The normalized spacial score (nSPS) is 17.0. The van der Waals surface area contributed by atoms with Crippen LogP contribution in [-0.2, 0) is 19.8 Å². The largest absolute Gasteiger partial charge is 0.370 e. The first kappa shape index (κ1) is 32.0. The highest BCUT2D eigenvalue weighted by Gasteiger charge is 2.39. The smallest absolute Gasteiger partial charge is 0.251 e. The zero-order valence-electron chi connectivity index (χ0n) is 24.5. The molecule has 9 nitrogen and oxygen atoms in total. The molecule has 1 aliphatic rings. The predicted octanol–water partition coefficient (Wildman–Crippen LogP) is 3.34. The molecule has 0 unspecified atom stereocenters. The van der Waals surface area contributed by atoms with Gasteiger partial charge in [-0.3, -0.25) is 24.2 Å². The lowest BCUT2D eigenvalue weighted by molar-refractivity contribution is -0.140. The third-order valence-corrected chi connectivity index (χ3v) is 7.40. The Balaban J connectivity index is 2.11. The van der Waals surface area contributed by atoms with E-state index in [4.69, 9.17) is 11.5 Å². The number of carbonyl (C=O) groups is 4. The van der Waals surface area contributed by atoms with Gasteiger partial charge in [0.1, 0.15) is 11.8 Å². The van der Waals surface area contributed by atoms with Gasteiger partial charge in [0.15, 0.2) is 11.7 Å². The molecular weight excluding hydrogens is 494 g/mol. The lowest BCUT2D eigenvalue weighted by Gasteiger charge is -2.31. The maximum absolute atomic E-state index is 13.7. The summed E-state index contributed by atoms with van der Waals surface area (Å²) in [5.74, 6) is -1.26. The number of benzene rings is 1. The summed E-state index contributed by atoms with van der Waals surface area (Å²) in [6, 6.07) is 6.06. The van der Waals surface area contributed by atoms with Crippen molar-refractivity contribution in [2.24, 2.45) is 28.3 Å². The molecule has 0 radical (unpaired) electrons. The Morgan fingerprint density at radius 1 is 1.10 bits per heavy atom. The van der Waals surface area contributed by atoms with Gasteiger partial charge >= 0.3 is 0 Å². The second-order valence-corrected chi connectivity index (χ2v) is 11.8. The van der Waals surface area contributed by atoms with Crippen molar-refractivity contribution in [3.05, 3.63) is 35.4 Å². The van der Waals surface area contributed by atoms with E-state index in [9.17, 15) is 19.2 Å². The topological polar surface area (TPSA) is 148 Å². The molecule has 1 saturated heterocycles. The lowest BCUT2D eigenvalue weighted by atomic mass is 9.86. The summed E-state index contributed by atoms with van der Waals surface area (Å²) < 4.78 is 0. The molecule has 0 bridgehead atoms. The molecule has 0 saturated carbocycles. The third-order valence-electron chi connectivity index (χ3n) is 7.40. The van der Waals surface area contributed by atoms with Crippen LogP contribution in [0.4, 0.5) is 0 Å². The van der Waals surface area contributed by atoms with Crippen LogP contribution in [-0.4, -0.2) is 59.4 Å². The number of guanidine groups is 1. The SMILES string of the molecule is CCC(=O)[C@H](CCCN=C(N)N)CC(=O)[C@@H]1CCCN1C(=O)[C@@H](NC(=O)c1ccc(C(C)(C)C)cc1)C(C)C. The predicted molar refractivity (Wildman–Crippen MR) is 154 cm³/mol. The molecule has 0 aromatic heterocycles. The molecule has 1 fully saturated rings. The van der Waals surface area contributed by atoms with Gasteiger partial charge in [0.05, 0.1) is 6.04 Å². The average Bonchev–Trinajstić information content (AvgIpc) is 3.37. The highest BCUT2D eigenvalue weighted by Crippen LogP contribution is 2.26. The molecule has 1 aromatic carbocycles. The van der Waals surface area contributed by atoms with Crippen LogP contribution in [0.2, 0.25) is 0 Å². The highest BCUT2D eigenvalue weighted by molar-refractivity contribution is 5.99. The van der Waals surface area contributed by atoms with Gasteiger partial charge in [-0.1, -0.05) is 53.7 Å². The summed E-state index contributed by atoms with van der Waals surface area (Å²) in [5, 5.41) is 2.91. The summed E-state index contributed by atoms with van der Waals surface area (Å²) in [6.07, 6.45) is 2.78. The first-order valence-electron chi connectivity index (χ1n) is 14.1. The van der Waals surface area contributed by atoms with Gasteiger partial charge in [-0.25, -0.2) is 0 Å². The molecule has 5 N–H and O–H groups in total. The Morgan fingerprint density at radius 3 is 2.28 bits per heavy atom. The average molecular weight is 542 g/mol. The Bertz CT molecular complexity index is 1040. The number of aliphatic imine (C=N–C) groups is 1. The van der Waals surface area contributed by atoms with Crippen LogP contribution in [0.25, 0.3) is 0 Å². The molecule has 3 atom stereocenters. The Hall–Kier alpha value is -3.23. The van der Waals surface area contributed by atoms with Gasteiger partial charge in [0.2, 0.25) is 5.91 Å². The van der Waals surface area contributed by atoms with Gasteiger partial charge < -0.3 is 21.7 Å². The molecular formula is C30H47N5O4. The molecule has 1 aromatic rings. The van der Waals surface area contributed by atoms with E-state index in [2.05, 4.69) is 31.1 Å². The van der Waals surface area contributed by atoms with Crippen LogP contribution in [0.3, 0.4) is 0 Å². The maximum Gasteiger partial charge on any atom is 0.251 e. The fourth-order valence-corrected chi connectivity index (χ4v) is 4.99. The number of Topliss-reactive ketones (excluding diaryl/α,β-unsaturated/α-hetero) is 2. The monoisotopic (exact) mass is 541 g/mol. The minimum absolute atomic E-state index is 0.00160. The number of nitrogens with two attached hydrogens (primary N) is 2. The van der Waals surface area contributed by atoms with Crippen LogP contribution in [0.1, 0.15) is 96.0 Å². The van der Waals surface area contributed by atoms with E-state index in [1.807, 2.05) is 26.0 Å². The zero-order valence-corrected chi connectivity index (χ0v) is 24.5. The second kappa shape index (κ2) is 14.2. The molecule has 39 heavy (non-hydrogen) atoms. The lowest BCUT2D eigenvalue weighted by Crippen LogP contribution is -2.54. The van der Waals surface area contributed by atoms with E-state index in [-0.39, 0.29) is 47.1 Å². The molecule has 216 valence electrons. The van der Waals surface area contributed by atoms with Crippen LogP contribution in [0, 0.1) is 11.8 Å². The molecule has 0 aliphatic carbocycles. The summed E-state index contributed by atoms with van der Waals surface area (Å²) in [5.41, 5.74) is 12.3. The van der Waals surface area contributed by atoms with Gasteiger partial charge in [-0.05, 0) is 54.7 Å². The van der Waals surface area contributed by atoms with Crippen molar-refractivity contribution in [3.8, 4) is 0 Å². The quantitative estimate of drug-likeness (QED) is 0.198. The van der Waals surface area contributed by atoms with Crippen molar-refractivity contribution >= 4 is 29.3 Å². The molecule has 0 spiro atoms. The first-order chi connectivity index (χ1) is 18.3. The number of likely N-dealkylation sites (tertiary alicyclic amines) is 1. The Kier molecular flexibility index (Phi) is 11.7. The van der Waals surface area contributed by atoms with E-state index in [0.29, 0.717) is 50.8 Å². The number of carbonyl (C=O) groups excluding carboxylic acids is 4. The van der Waals surface area contributed by atoms with Crippen LogP contribution in [0.5, 0.6) is 0 Å². The number of nitrogens with one attached hydrogen (secondary N) is 1. The molecule has 1 aliphatic heterocycles. The van der Waals surface area contributed by atoms with Gasteiger partial charge in [0, 0.05) is 37.4 Å². The zero-order chi connectivity index (χ0) is 29.3. The van der Waals surface area contributed by atoms with E-state index in [0.717, 1.165) is 5.56 Å². The third kappa shape index (κ3) is 9.18.